The molecule has 0 aliphatic carbocycles. The molecular weight excluding hydrogens is 252 g/mol. The maximum absolute atomic E-state index is 4.70. The summed E-state index contributed by atoms with van der Waals surface area (Å²) in [5, 5.41) is 11.3. The average Bonchev–Trinajstić information content (AvgIpc) is 2.85. The van der Waals surface area contributed by atoms with Crippen molar-refractivity contribution in [2.45, 2.75) is 33.6 Å². The molecule has 1 aliphatic rings. The van der Waals surface area contributed by atoms with Gasteiger partial charge in [0, 0.05) is 19.6 Å². The van der Waals surface area contributed by atoms with E-state index in [2.05, 4.69) is 39.2 Å². The van der Waals surface area contributed by atoms with Crippen molar-refractivity contribution in [3.05, 3.63) is 6.20 Å². The highest BCUT2D eigenvalue weighted by Crippen LogP contribution is 2.33. The summed E-state index contributed by atoms with van der Waals surface area (Å²) in [4.78, 5) is 11.5. The molecule has 0 unspecified atom stereocenters. The van der Waals surface area contributed by atoms with E-state index in [1.165, 1.54) is 12.8 Å². The van der Waals surface area contributed by atoms with Gasteiger partial charge in [0.25, 0.3) is 0 Å². The molecule has 0 spiro atoms. The molecule has 2 aromatic heterocycles. The van der Waals surface area contributed by atoms with E-state index in [1.807, 2.05) is 13.1 Å². The van der Waals surface area contributed by atoms with E-state index in [0.29, 0.717) is 11.4 Å². The molecule has 2 N–H and O–H groups in total. The van der Waals surface area contributed by atoms with E-state index in [1.54, 1.807) is 0 Å². The minimum atomic E-state index is 0.331. The van der Waals surface area contributed by atoms with E-state index >= 15 is 0 Å². The van der Waals surface area contributed by atoms with Gasteiger partial charge in [0.1, 0.15) is 5.82 Å². The number of H-pyrrole nitrogens is 1. The second kappa shape index (κ2) is 4.92. The van der Waals surface area contributed by atoms with Crippen LogP contribution >= 0.6 is 0 Å². The number of hydrogen-bond acceptors (Lipinski definition) is 5. The summed E-state index contributed by atoms with van der Waals surface area (Å²) in [6.45, 7) is 9.56. The summed E-state index contributed by atoms with van der Waals surface area (Å²) in [6.07, 6.45) is 4.29. The minimum Gasteiger partial charge on any atom is -0.355 e. The zero-order valence-corrected chi connectivity index (χ0v) is 12.4. The third-order valence-corrected chi connectivity index (χ3v) is 3.82. The Morgan fingerprint density at radius 2 is 2.25 bits per heavy atom. The summed E-state index contributed by atoms with van der Waals surface area (Å²) in [5.74, 6) is 1.66. The number of aromatic amines is 1. The van der Waals surface area contributed by atoms with Crippen molar-refractivity contribution >= 4 is 22.8 Å². The van der Waals surface area contributed by atoms with Crippen LogP contribution in [0.2, 0.25) is 0 Å². The average molecular weight is 274 g/mol. The fourth-order valence-electron chi connectivity index (χ4n) is 2.90. The van der Waals surface area contributed by atoms with Crippen molar-refractivity contribution < 1.29 is 0 Å². The van der Waals surface area contributed by atoms with Crippen LogP contribution in [0.4, 0.5) is 11.8 Å². The van der Waals surface area contributed by atoms with Crippen molar-refractivity contribution in [2.24, 2.45) is 5.41 Å². The Morgan fingerprint density at radius 1 is 1.40 bits per heavy atom. The lowest BCUT2D eigenvalue weighted by molar-refractivity contribution is 0.292. The summed E-state index contributed by atoms with van der Waals surface area (Å²) in [5.41, 5.74) is 1.13. The van der Waals surface area contributed by atoms with E-state index in [9.17, 15) is 0 Å². The Hall–Kier alpha value is -1.85. The molecule has 1 saturated heterocycles. The van der Waals surface area contributed by atoms with Gasteiger partial charge in [-0.1, -0.05) is 13.8 Å². The number of piperidine rings is 1. The molecule has 6 heteroatoms. The lowest BCUT2D eigenvalue weighted by Gasteiger charge is -2.38. The summed E-state index contributed by atoms with van der Waals surface area (Å²) in [6, 6.07) is 0. The Bertz CT molecular complexity index is 603. The second-order valence-electron chi connectivity index (χ2n) is 6.22. The van der Waals surface area contributed by atoms with Gasteiger partial charge in [-0.15, -0.1) is 0 Å². The SMILES string of the molecule is CCNc1nc(N2CCCC(C)(C)C2)c2cn[nH]c2n1. The summed E-state index contributed by atoms with van der Waals surface area (Å²) >= 11 is 0. The van der Waals surface area contributed by atoms with Crippen molar-refractivity contribution in [1.29, 1.82) is 0 Å². The highest BCUT2D eigenvalue weighted by atomic mass is 15.3. The molecule has 0 bridgehead atoms. The van der Waals surface area contributed by atoms with E-state index in [0.717, 1.165) is 36.5 Å². The van der Waals surface area contributed by atoms with E-state index in [4.69, 9.17) is 4.98 Å². The van der Waals surface area contributed by atoms with Crippen LogP contribution in [0, 0.1) is 5.41 Å². The minimum absolute atomic E-state index is 0.331. The smallest absolute Gasteiger partial charge is 0.226 e. The monoisotopic (exact) mass is 274 g/mol. The largest absolute Gasteiger partial charge is 0.355 e. The predicted molar refractivity (Wildman–Crippen MR) is 81.1 cm³/mol. The molecule has 3 rings (SSSR count). The number of nitrogens with one attached hydrogen (secondary N) is 2. The molecule has 3 heterocycles. The van der Waals surface area contributed by atoms with Gasteiger partial charge in [0.15, 0.2) is 5.65 Å². The molecule has 1 aliphatic heterocycles. The lowest BCUT2D eigenvalue weighted by Crippen LogP contribution is -2.40. The molecular formula is C14H22N6. The van der Waals surface area contributed by atoms with Gasteiger partial charge in [0.2, 0.25) is 5.95 Å². The van der Waals surface area contributed by atoms with Gasteiger partial charge >= 0.3 is 0 Å². The first-order chi connectivity index (χ1) is 9.59. The standard InChI is InChI=1S/C14H22N6/c1-4-15-13-17-11-10(8-16-19-11)12(18-13)20-7-5-6-14(2,3)9-20/h8H,4-7,9H2,1-3H3,(H2,15,16,17,18,19). The molecule has 6 nitrogen and oxygen atoms in total. The molecule has 0 amide bonds. The number of anilines is 2. The van der Waals surface area contributed by atoms with Gasteiger partial charge < -0.3 is 10.2 Å². The van der Waals surface area contributed by atoms with E-state index < -0.39 is 0 Å². The molecule has 108 valence electrons. The van der Waals surface area contributed by atoms with Crippen LogP contribution in [0.25, 0.3) is 11.0 Å². The highest BCUT2D eigenvalue weighted by Gasteiger charge is 2.28. The Kier molecular flexibility index (Phi) is 3.23. The first kappa shape index (κ1) is 13.1. The predicted octanol–water partition coefficient (Wildman–Crippen LogP) is 2.41. The van der Waals surface area contributed by atoms with Gasteiger partial charge in [-0.25, -0.2) is 0 Å². The quantitative estimate of drug-likeness (QED) is 0.899. The third-order valence-electron chi connectivity index (χ3n) is 3.82. The molecule has 2 aromatic rings. The topological polar surface area (TPSA) is 69.7 Å². The normalized spacial score (nSPS) is 18.4. The number of fused-ring (bicyclic) bond motifs is 1. The van der Waals surface area contributed by atoms with Gasteiger partial charge in [-0.2, -0.15) is 15.1 Å². The number of nitrogens with zero attached hydrogens (tertiary/aromatic N) is 4. The van der Waals surface area contributed by atoms with Crippen molar-refractivity contribution in [3.63, 3.8) is 0 Å². The van der Waals surface area contributed by atoms with Crippen LogP contribution in [-0.2, 0) is 0 Å². The van der Waals surface area contributed by atoms with Crippen molar-refractivity contribution in [3.8, 4) is 0 Å². The maximum Gasteiger partial charge on any atom is 0.226 e. The number of rotatable bonds is 3. The number of aromatic nitrogens is 4. The summed E-state index contributed by atoms with van der Waals surface area (Å²) in [7, 11) is 0. The Morgan fingerprint density at radius 3 is 3.00 bits per heavy atom. The van der Waals surface area contributed by atoms with Crippen LogP contribution in [0.5, 0.6) is 0 Å². The zero-order valence-electron chi connectivity index (χ0n) is 12.4. The number of hydrogen-bond donors (Lipinski definition) is 2. The first-order valence-electron chi connectivity index (χ1n) is 7.29. The molecule has 20 heavy (non-hydrogen) atoms. The molecule has 0 atom stereocenters. The molecule has 1 fully saturated rings. The van der Waals surface area contributed by atoms with Crippen LogP contribution < -0.4 is 10.2 Å². The fraction of sp³-hybridized carbons (Fsp3) is 0.643. The van der Waals surface area contributed by atoms with Crippen molar-refractivity contribution in [2.75, 3.05) is 29.9 Å². The van der Waals surface area contributed by atoms with Crippen molar-refractivity contribution in [1.82, 2.24) is 20.2 Å². The molecule has 0 aromatic carbocycles. The first-order valence-corrected chi connectivity index (χ1v) is 7.29. The zero-order chi connectivity index (χ0) is 14.2. The lowest BCUT2D eigenvalue weighted by atomic mass is 9.84. The molecule has 0 radical (unpaired) electrons. The molecule has 0 saturated carbocycles. The third kappa shape index (κ3) is 2.42. The Balaban J connectivity index is 2.02. The highest BCUT2D eigenvalue weighted by molar-refractivity contribution is 5.87. The van der Waals surface area contributed by atoms with E-state index in [-0.39, 0.29) is 0 Å². The van der Waals surface area contributed by atoms with Crippen LogP contribution in [0.1, 0.15) is 33.6 Å². The van der Waals surface area contributed by atoms with Crippen LogP contribution in [0.3, 0.4) is 0 Å². The fourth-order valence-corrected chi connectivity index (χ4v) is 2.90. The maximum atomic E-state index is 4.70. The second-order valence-corrected chi connectivity index (χ2v) is 6.22. The van der Waals surface area contributed by atoms with Crippen LogP contribution in [-0.4, -0.2) is 39.8 Å². The van der Waals surface area contributed by atoms with Gasteiger partial charge in [-0.3, -0.25) is 5.10 Å². The van der Waals surface area contributed by atoms with Gasteiger partial charge in [-0.05, 0) is 25.2 Å². The summed E-state index contributed by atoms with van der Waals surface area (Å²) < 4.78 is 0. The van der Waals surface area contributed by atoms with Crippen LogP contribution in [0.15, 0.2) is 6.20 Å². The van der Waals surface area contributed by atoms with Gasteiger partial charge in [0.05, 0.1) is 11.6 Å². The Labute approximate surface area is 119 Å².